The Morgan fingerprint density at radius 1 is 0.885 bits per heavy atom. The zero-order valence-electron chi connectivity index (χ0n) is 17.4. The van der Waals surface area contributed by atoms with Crippen LogP contribution in [0.1, 0.15) is 96.8 Å². The van der Waals surface area contributed by atoms with E-state index in [1.165, 1.54) is 83.5 Å². The second kappa shape index (κ2) is 16.0. The zero-order valence-corrected chi connectivity index (χ0v) is 18.3. The minimum atomic E-state index is -2.68. The van der Waals surface area contributed by atoms with Crippen LogP contribution in [-0.4, -0.2) is 31.4 Å². The van der Waals surface area contributed by atoms with Crippen molar-refractivity contribution in [3.8, 4) is 0 Å². The third kappa shape index (κ3) is 11.7. The molecule has 1 aliphatic heterocycles. The highest BCUT2D eigenvalue weighted by molar-refractivity contribution is 7.59. The Balaban J connectivity index is 1.77. The van der Waals surface area contributed by atoms with E-state index in [1.807, 2.05) is 11.7 Å². The summed E-state index contributed by atoms with van der Waals surface area (Å²) >= 11 is 0. The van der Waals surface area contributed by atoms with Crippen molar-refractivity contribution >= 4 is 8.02 Å². The molecule has 1 unspecified atom stereocenters. The van der Waals surface area contributed by atoms with E-state index >= 15 is 0 Å². The summed E-state index contributed by atoms with van der Waals surface area (Å²) in [5.41, 5.74) is 0. The van der Waals surface area contributed by atoms with Crippen LogP contribution >= 0.6 is 8.02 Å². The van der Waals surface area contributed by atoms with E-state index in [1.54, 1.807) is 0 Å². The fourth-order valence-electron chi connectivity index (χ4n) is 3.29. The maximum Gasteiger partial charge on any atom is 0.249 e. The second-order valence-corrected chi connectivity index (χ2v) is 9.88. The fraction of sp³-hybridized carbons (Fsp3) is 0.905. The van der Waals surface area contributed by atoms with Gasteiger partial charge >= 0.3 is 0 Å². The van der Waals surface area contributed by atoms with E-state index < -0.39 is 8.02 Å². The van der Waals surface area contributed by atoms with E-state index in [9.17, 15) is 4.89 Å². The molecule has 0 spiro atoms. The topological polar surface area (TPSA) is 47.6 Å². The quantitative estimate of drug-likeness (QED) is 0.200. The van der Waals surface area contributed by atoms with Crippen molar-refractivity contribution in [2.75, 3.05) is 26.7 Å². The molecule has 0 radical (unpaired) electrons. The number of unbranched alkanes of at least 4 members (excludes halogenated alkanes) is 12. The summed E-state index contributed by atoms with van der Waals surface area (Å²) in [5.74, 6) is 0. The predicted octanol–water partition coefficient (Wildman–Crippen LogP) is 5.61. The summed E-state index contributed by atoms with van der Waals surface area (Å²) in [6.07, 6.45) is 23.2. The third-order valence-corrected chi connectivity index (χ3v) is 7.39. The Kier molecular flexibility index (Phi) is 14.8. The van der Waals surface area contributed by atoms with Crippen molar-refractivity contribution in [1.82, 2.24) is 9.76 Å². The van der Waals surface area contributed by atoms with Crippen molar-refractivity contribution in [3.63, 3.8) is 0 Å². The molecule has 0 saturated carbocycles. The fourth-order valence-corrected chi connectivity index (χ4v) is 4.93. The maximum absolute atomic E-state index is 12.3. The average Bonchev–Trinajstić information content (AvgIpc) is 2.96. The van der Waals surface area contributed by atoms with Crippen LogP contribution < -0.4 is 9.98 Å². The molecule has 4 nitrogen and oxygen atoms in total. The second-order valence-electron chi connectivity index (χ2n) is 7.58. The van der Waals surface area contributed by atoms with E-state index in [0.717, 1.165) is 19.5 Å². The molecule has 1 atom stereocenters. The molecule has 0 amide bonds. The predicted molar refractivity (Wildman–Crippen MR) is 113 cm³/mol. The number of nitrogens with zero attached hydrogens (tertiary/aromatic N) is 1. The molecule has 0 aromatic rings. The van der Waals surface area contributed by atoms with Gasteiger partial charge in [-0.05, 0) is 32.1 Å². The molecule has 0 aromatic heterocycles. The highest BCUT2D eigenvalue weighted by Crippen LogP contribution is 2.52. The van der Waals surface area contributed by atoms with E-state index in [4.69, 9.17) is 4.52 Å². The number of rotatable bonds is 17. The highest BCUT2D eigenvalue weighted by atomic mass is 31.2. The zero-order chi connectivity index (χ0) is 18.9. The van der Waals surface area contributed by atoms with Crippen LogP contribution in [-0.2, 0) is 4.52 Å². The molecule has 5 heteroatoms. The summed E-state index contributed by atoms with van der Waals surface area (Å²) in [4.78, 5) is 12.3. The minimum absolute atomic E-state index is 0.578. The number of hydrogen-bond acceptors (Lipinski definition) is 4. The van der Waals surface area contributed by atoms with E-state index in [2.05, 4.69) is 24.2 Å². The summed E-state index contributed by atoms with van der Waals surface area (Å²) in [5, 5.41) is 3.11. The standard InChI is InChI=1S/C21H43N2O2P/c1-3-4-5-6-7-8-9-10-11-12-13-14-15-16-17-18-19-22-26(24)23(2)20-21-25-26/h10-11H,3-9,12-21H2,1-2H3,(H,22,24)/b11-10-. The first-order valence-corrected chi connectivity index (χ1v) is 12.6. The molecule has 0 bridgehead atoms. The number of likely N-dealkylation sites (N-methyl/N-ethyl adjacent to an activating group) is 1. The van der Waals surface area contributed by atoms with Gasteiger partial charge in [-0.1, -0.05) is 76.9 Å². The van der Waals surface area contributed by atoms with Gasteiger partial charge in [0.15, 0.2) is 0 Å². The summed E-state index contributed by atoms with van der Waals surface area (Å²) in [7, 11) is -0.811. The molecule has 1 rings (SSSR count). The Morgan fingerprint density at radius 3 is 1.96 bits per heavy atom. The van der Waals surface area contributed by atoms with Gasteiger partial charge in [-0.15, -0.1) is 4.67 Å². The number of nitrogens with one attached hydrogen (secondary N) is 1. The average molecular weight is 387 g/mol. The molecule has 1 heterocycles. The van der Waals surface area contributed by atoms with Crippen molar-refractivity contribution in [3.05, 3.63) is 12.2 Å². The van der Waals surface area contributed by atoms with Crippen LogP contribution in [0.4, 0.5) is 0 Å². The van der Waals surface area contributed by atoms with Crippen molar-refractivity contribution < 1.29 is 9.42 Å². The van der Waals surface area contributed by atoms with Gasteiger partial charge < -0.3 is 4.89 Å². The van der Waals surface area contributed by atoms with Crippen molar-refractivity contribution in [2.45, 2.75) is 96.8 Å². The Morgan fingerprint density at radius 2 is 1.42 bits per heavy atom. The van der Waals surface area contributed by atoms with E-state index in [-0.39, 0.29) is 0 Å². The summed E-state index contributed by atoms with van der Waals surface area (Å²) in [6.45, 7) is 4.41. The van der Waals surface area contributed by atoms with Gasteiger partial charge in [0.2, 0.25) is 8.02 Å². The van der Waals surface area contributed by atoms with Gasteiger partial charge in [-0.2, -0.15) is 5.09 Å². The van der Waals surface area contributed by atoms with Crippen LogP contribution in [0.3, 0.4) is 0 Å². The monoisotopic (exact) mass is 386 g/mol. The molecular formula is C21H43N2O2P. The van der Waals surface area contributed by atoms with Crippen LogP contribution in [0.15, 0.2) is 12.2 Å². The minimum Gasteiger partial charge on any atom is -0.626 e. The molecule has 1 saturated heterocycles. The Labute approximate surface area is 163 Å². The lowest BCUT2D eigenvalue weighted by molar-refractivity contribution is -0.202. The lowest BCUT2D eigenvalue weighted by Gasteiger charge is -2.28. The third-order valence-electron chi connectivity index (χ3n) is 5.13. The Bertz CT molecular complexity index is 355. The van der Waals surface area contributed by atoms with Gasteiger partial charge in [-0.3, -0.25) is 0 Å². The molecule has 154 valence electrons. The number of hydrogen-bond donors (Lipinski definition) is 1. The molecule has 1 fully saturated rings. The van der Waals surface area contributed by atoms with Gasteiger partial charge in [0.1, 0.15) is 6.61 Å². The summed E-state index contributed by atoms with van der Waals surface area (Å²) < 4.78 is 7.16. The van der Waals surface area contributed by atoms with Crippen LogP contribution in [0.25, 0.3) is 0 Å². The highest BCUT2D eigenvalue weighted by Gasteiger charge is 2.39. The number of allylic oxidation sites excluding steroid dienone is 2. The molecule has 26 heavy (non-hydrogen) atoms. The maximum atomic E-state index is 12.3. The smallest absolute Gasteiger partial charge is 0.249 e. The molecule has 1 aliphatic rings. The lowest BCUT2D eigenvalue weighted by Crippen LogP contribution is -2.34. The van der Waals surface area contributed by atoms with Gasteiger partial charge in [0.25, 0.3) is 0 Å². The molecular weight excluding hydrogens is 343 g/mol. The van der Waals surface area contributed by atoms with Crippen LogP contribution in [0.2, 0.25) is 0 Å². The van der Waals surface area contributed by atoms with Gasteiger partial charge in [0.05, 0.1) is 6.54 Å². The largest absolute Gasteiger partial charge is 0.626 e. The molecule has 0 aliphatic carbocycles. The SMILES string of the molecule is CCCCCCCC/C=C\CCCCCCCCN[P+]1([O-])OCCN1C. The van der Waals surface area contributed by atoms with E-state index in [0.29, 0.717) is 6.61 Å². The van der Waals surface area contributed by atoms with Crippen LogP contribution in [0.5, 0.6) is 0 Å². The van der Waals surface area contributed by atoms with Crippen molar-refractivity contribution in [2.24, 2.45) is 0 Å². The van der Waals surface area contributed by atoms with Gasteiger partial charge in [0, 0.05) is 13.6 Å². The van der Waals surface area contributed by atoms with Gasteiger partial charge in [-0.25, -0.2) is 4.52 Å². The van der Waals surface area contributed by atoms with Crippen LogP contribution in [0, 0.1) is 0 Å². The lowest BCUT2D eigenvalue weighted by atomic mass is 10.1. The molecule has 1 N–H and O–H groups in total. The first-order chi connectivity index (χ1) is 12.7. The molecule has 0 aromatic carbocycles. The normalized spacial score (nSPS) is 21.2. The Hall–Kier alpha value is 0.0100. The first kappa shape index (κ1) is 24.0. The summed E-state index contributed by atoms with van der Waals surface area (Å²) in [6, 6.07) is 0. The first-order valence-electron chi connectivity index (χ1n) is 11.1. The van der Waals surface area contributed by atoms with Crippen molar-refractivity contribution in [1.29, 1.82) is 0 Å².